The van der Waals surface area contributed by atoms with Crippen LogP contribution in [0.25, 0.3) is 0 Å². The largest absolute Gasteiger partial charge is 0.338 e. The Morgan fingerprint density at radius 2 is 2.17 bits per heavy atom. The van der Waals surface area contributed by atoms with Crippen molar-refractivity contribution in [1.29, 1.82) is 5.26 Å². The van der Waals surface area contributed by atoms with Gasteiger partial charge in [-0.3, -0.25) is 4.79 Å². The van der Waals surface area contributed by atoms with E-state index in [0.717, 1.165) is 31.4 Å². The summed E-state index contributed by atoms with van der Waals surface area (Å²) in [7, 11) is 0. The van der Waals surface area contributed by atoms with Gasteiger partial charge in [0.1, 0.15) is 0 Å². The van der Waals surface area contributed by atoms with Gasteiger partial charge in [0, 0.05) is 24.5 Å². The van der Waals surface area contributed by atoms with Crippen molar-refractivity contribution >= 4 is 17.5 Å². The highest BCUT2D eigenvalue weighted by Gasteiger charge is 2.17. The maximum atomic E-state index is 11.9. The number of nitriles is 1. The van der Waals surface area contributed by atoms with E-state index in [1.165, 1.54) is 0 Å². The predicted molar refractivity (Wildman–Crippen MR) is 70.1 cm³/mol. The highest BCUT2D eigenvalue weighted by molar-refractivity contribution is 6.31. The molecule has 0 bridgehead atoms. The molecule has 1 saturated heterocycles. The maximum Gasteiger partial charge on any atom is 0.222 e. The van der Waals surface area contributed by atoms with Gasteiger partial charge in [-0.1, -0.05) is 24.1 Å². The summed E-state index contributed by atoms with van der Waals surface area (Å²) in [5.74, 6) is 0.202. The Morgan fingerprint density at radius 3 is 2.89 bits per heavy atom. The second kappa shape index (κ2) is 5.88. The van der Waals surface area contributed by atoms with Gasteiger partial charge in [0.15, 0.2) is 0 Å². The van der Waals surface area contributed by atoms with Crippen molar-refractivity contribution in [2.24, 2.45) is 0 Å². The van der Waals surface area contributed by atoms with Crippen LogP contribution in [0.3, 0.4) is 0 Å². The van der Waals surface area contributed by atoms with Crippen LogP contribution in [0.5, 0.6) is 0 Å². The number of carbonyl (C=O) groups is 1. The first kappa shape index (κ1) is 12.9. The third-order valence-electron chi connectivity index (χ3n) is 3.21. The number of hydrogen-bond acceptors (Lipinski definition) is 2. The van der Waals surface area contributed by atoms with E-state index in [-0.39, 0.29) is 5.91 Å². The van der Waals surface area contributed by atoms with E-state index in [4.69, 9.17) is 16.9 Å². The first-order valence-electron chi connectivity index (χ1n) is 6.17. The van der Waals surface area contributed by atoms with Crippen molar-refractivity contribution in [3.05, 3.63) is 34.3 Å². The van der Waals surface area contributed by atoms with Crippen LogP contribution in [0.2, 0.25) is 5.02 Å². The van der Waals surface area contributed by atoms with Crippen LogP contribution in [-0.2, 0) is 11.3 Å². The molecular weight excluding hydrogens is 248 g/mol. The number of hydrogen-bond donors (Lipinski definition) is 0. The minimum atomic E-state index is 0.202. The van der Waals surface area contributed by atoms with Gasteiger partial charge in [-0.25, -0.2) is 0 Å². The summed E-state index contributed by atoms with van der Waals surface area (Å²) in [6.07, 6.45) is 3.79. The van der Waals surface area contributed by atoms with Gasteiger partial charge in [-0.2, -0.15) is 5.26 Å². The van der Waals surface area contributed by atoms with Crippen LogP contribution in [-0.4, -0.2) is 17.4 Å². The van der Waals surface area contributed by atoms with Crippen LogP contribution in [0.1, 0.15) is 36.8 Å². The van der Waals surface area contributed by atoms with Crippen molar-refractivity contribution < 1.29 is 4.79 Å². The number of halogens is 1. The molecule has 1 aliphatic heterocycles. The summed E-state index contributed by atoms with van der Waals surface area (Å²) < 4.78 is 0. The van der Waals surface area contributed by atoms with Crippen LogP contribution in [0, 0.1) is 11.3 Å². The summed E-state index contributed by atoms with van der Waals surface area (Å²) in [4.78, 5) is 13.7. The van der Waals surface area contributed by atoms with Crippen molar-refractivity contribution in [3.8, 4) is 6.07 Å². The first-order valence-corrected chi connectivity index (χ1v) is 6.55. The van der Waals surface area contributed by atoms with E-state index in [1.807, 2.05) is 11.0 Å². The number of nitrogens with zero attached hydrogens (tertiary/aromatic N) is 2. The lowest BCUT2D eigenvalue weighted by molar-refractivity contribution is -0.131. The van der Waals surface area contributed by atoms with E-state index in [2.05, 4.69) is 6.07 Å². The summed E-state index contributed by atoms with van der Waals surface area (Å²) >= 11 is 6.13. The Labute approximate surface area is 112 Å². The molecule has 0 radical (unpaired) electrons. The molecule has 0 saturated carbocycles. The van der Waals surface area contributed by atoms with Crippen LogP contribution in [0.4, 0.5) is 0 Å². The van der Waals surface area contributed by atoms with Crippen molar-refractivity contribution in [3.63, 3.8) is 0 Å². The molecule has 0 aliphatic carbocycles. The fourth-order valence-electron chi connectivity index (χ4n) is 2.16. The Kier molecular flexibility index (Phi) is 4.22. The monoisotopic (exact) mass is 262 g/mol. The minimum absolute atomic E-state index is 0.202. The molecule has 0 atom stereocenters. The Bertz CT molecular complexity index is 493. The molecule has 0 spiro atoms. The molecule has 94 valence electrons. The summed E-state index contributed by atoms with van der Waals surface area (Å²) in [6.45, 7) is 1.35. The zero-order chi connectivity index (χ0) is 13.0. The van der Waals surface area contributed by atoms with E-state index in [1.54, 1.807) is 12.1 Å². The topological polar surface area (TPSA) is 44.1 Å². The zero-order valence-electron chi connectivity index (χ0n) is 10.2. The van der Waals surface area contributed by atoms with E-state index in [9.17, 15) is 4.79 Å². The molecule has 1 heterocycles. The molecule has 1 aromatic rings. The quantitative estimate of drug-likeness (QED) is 0.822. The third-order valence-corrected chi connectivity index (χ3v) is 3.57. The van der Waals surface area contributed by atoms with Crippen LogP contribution < -0.4 is 0 Å². The highest BCUT2D eigenvalue weighted by Crippen LogP contribution is 2.21. The summed E-state index contributed by atoms with van der Waals surface area (Å²) in [5, 5.41) is 9.34. The van der Waals surface area contributed by atoms with Crippen molar-refractivity contribution in [2.45, 2.75) is 32.2 Å². The normalized spacial score (nSPS) is 16.2. The second-order valence-electron chi connectivity index (χ2n) is 4.54. The van der Waals surface area contributed by atoms with Crippen LogP contribution in [0.15, 0.2) is 18.2 Å². The standard InChI is InChI=1S/C14H15ClN2O/c15-13-8-11(9-16)5-6-12(13)10-17-7-3-1-2-4-14(17)18/h5-6,8H,1-4,7,10H2. The molecule has 3 nitrogen and oxygen atoms in total. The fourth-order valence-corrected chi connectivity index (χ4v) is 2.40. The molecule has 1 aromatic carbocycles. The molecule has 0 aromatic heterocycles. The van der Waals surface area contributed by atoms with Crippen LogP contribution >= 0.6 is 11.6 Å². The highest BCUT2D eigenvalue weighted by atomic mass is 35.5. The molecule has 1 aliphatic rings. The molecule has 4 heteroatoms. The third kappa shape index (κ3) is 3.02. The molecular formula is C14H15ClN2O. The maximum absolute atomic E-state index is 11.9. The minimum Gasteiger partial charge on any atom is -0.338 e. The smallest absolute Gasteiger partial charge is 0.222 e. The fraction of sp³-hybridized carbons (Fsp3) is 0.429. The Morgan fingerprint density at radius 1 is 1.33 bits per heavy atom. The second-order valence-corrected chi connectivity index (χ2v) is 4.95. The number of benzene rings is 1. The van der Waals surface area contributed by atoms with Gasteiger partial charge in [0.2, 0.25) is 5.91 Å². The van der Waals surface area contributed by atoms with Crippen molar-refractivity contribution in [2.75, 3.05) is 6.54 Å². The van der Waals surface area contributed by atoms with E-state index >= 15 is 0 Å². The van der Waals surface area contributed by atoms with Gasteiger partial charge >= 0.3 is 0 Å². The van der Waals surface area contributed by atoms with Crippen molar-refractivity contribution in [1.82, 2.24) is 4.90 Å². The average molecular weight is 263 g/mol. The predicted octanol–water partition coefficient (Wildman–Crippen LogP) is 3.11. The number of carbonyl (C=O) groups excluding carboxylic acids is 1. The first-order chi connectivity index (χ1) is 8.70. The average Bonchev–Trinajstić information content (AvgIpc) is 2.57. The lowest BCUT2D eigenvalue weighted by Gasteiger charge is -2.21. The van der Waals surface area contributed by atoms with Gasteiger partial charge < -0.3 is 4.90 Å². The molecule has 0 unspecified atom stereocenters. The Hall–Kier alpha value is -1.53. The molecule has 1 fully saturated rings. The number of amides is 1. The van der Waals surface area contributed by atoms with Gasteiger partial charge in [0.05, 0.1) is 11.6 Å². The lowest BCUT2D eigenvalue weighted by atomic mass is 10.1. The molecule has 18 heavy (non-hydrogen) atoms. The zero-order valence-corrected chi connectivity index (χ0v) is 10.9. The van der Waals surface area contributed by atoms with Gasteiger partial charge in [-0.05, 0) is 30.5 Å². The summed E-state index contributed by atoms with van der Waals surface area (Å²) in [6, 6.07) is 7.28. The molecule has 0 N–H and O–H groups in total. The van der Waals surface area contributed by atoms with E-state index < -0.39 is 0 Å². The Balaban J connectivity index is 2.13. The number of rotatable bonds is 2. The number of likely N-dealkylation sites (tertiary alicyclic amines) is 1. The van der Waals surface area contributed by atoms with E-state index in [0.29, 0.717) is 23.6 Å². The molecule has 2 rings (SSSR count). The molecule has 1 amide bonds. The van der Waals surface area contributed by atoms with Gasteiger partial charge in [0.25, 0.3) is 0 Å². The SMILES string of the molecule is N#Cc1ccc(CN2CCCCCC2=O)c(Cl)c1. The lowest BCUT2D eigenvalue weighted by Crippen LogP contribution is -2.29. The van der Waals surface area contributed by atoms with Gasteiger partial charge in [-0.15, -0.1) is 0 Å². The summed E-state index contributed by atoms with van der Waals surface area (Å²) in [5.41, 5.74) is 1.46.